The highest BCUT2D eigenvalue weighted by Crippen LogP contribution is 2.26. The van der Waals surface area contributed by atoms with Crippen molar-refractivity contribution >= 4 is 5.97 Å². The fourth-order valence-electron chi connectivity index (χ4n) is 3.13. The first kappa shape index (κ1) is 20.4. The third kappa shape index (κ3) is 5.21. The van der Waals surface area contributed by atoms with Crippen LogP contribution >= 0.6 is 0 Å². The number of rotatable bonds is 8. The molecule has 0 unspecified atom stereocenters. The fraction of sp³-hybridized carbons (Fsp3) is 0.125. The van der Waals surface area contributed by atoms with Crippen molar-refractivity contribution < 1.29 is 18.8 Å². The predicted octanol–water partition coefficient (Wildman–Crippen LogP) is 4.77. The van der Waals surface area contributed by atoms with Crippen LogP contribution in [0.3, 0.4) is 0 Å². The number of hydrogen-bond donors (Lipinski definition) is 2. The molecule has 7 heteroatoms. The molecule has 0 radical (unpaired) electrons. The third-order valence-corrected chi connectivity index (χ3v) is 4.77. The van der Waals surface area contributed by atoms with E-state index < -0.39 is 5.97 Å². The topological polar surface area (TPSA) is 88.2 Å². The molecule has 0 saturated heterocycles. The second-order valence-electron chi connectivity index (χ2n) is 7.03. The molecule has 31 heavy (non-hydrogen) atoms. The van der Waals surface area contributed by atoms with E-state index in [9.17, 15) is 9.18 Å². The molecule has 0 amide bonds. The van der Waals surface area contributed by atoms with Crippen LogP contribution in [0.25, 0.3) is 34.0 Å². The van der Waals surface area contributed by atoms with Gasteiger partial charge < -0.3 is 14.9 Å². The summed E-state index contributed by atoms with van der Waals surface area (Å²) in [4.78, 5) is 15.0. The minimum absolute atomic E-state index is 0.0902. The Morgan fingerprint density at radius 2 is 1.65 bits per heavy atom. The van der Waals surface area contributed by atoms with Gasteiger partial charge in [0, 0.05) is 24.2 Å². The van der Waals surface area contributed by atoms with E-state index in [1.807, 2.05) is 54.6 Å². The summed E-state index contributed by atoms with van der Waals surface area (Å²) in [5.41, 5.74) is 4.33. The molecule has 4 rings (SSSR count). The SMILES string of the molecule is O=C(O)CCNCc1ccc(-c2noc(-c3ccc(-c4cccc(F)c4)cc3)n2)cc1. The van der Waals surface area contributed by atoms with E-state index in [0.29, 0.717) is 24.8 Å². The van der Waals surface area contributed by atoms with E-state index in [4.69, 9.17) is 9.63 Å². The highest BCUT2D eigenvalue weighted by atomic mass is 19.1. The van der Waals surface area contributed by atoms with E-state index in [0.717, 1.165) is 27.8 Å². The molecule has 6 nitrogen and oxygen atoms in total. The van der Waals surface area contributed by atoms with Gasteiger partial charge >= 0.3 is 5.97 Å². The van der Waals surface area contributed by atoms with E-state index in [1.165, 1.54) is 12.1 Å². The molecule has 1 heterocycles. The highest BCUT2D eigenvalue weighted by molar-refractivity contribution is 5.68. The molecule has 1 aromatic heterocycles. The van der Waals surface area contributed by atoms with Gasteiger partial charge in [-0.3, -0.25) is 4.79 Å². The quantitative estimate of drug-likeness (QED) is 0.402. The molecule has 4 aromatic rings. The molecule has 156 valence electrons. The molecule has 0 aliphatic heterocycles. The van der Waals surface area contributed by atoms with Gasteiger partial charge in [-0.1, -0.05) is 53.7 Å². The zero-order valence-electron chi connectivity index (χ0n) is 16.6. The smallest absolute Gasteiger partial charge is 0.304 e. The average Bonchev–Trinajstić information content (AvgIpc) is 3.27. The van der Waals surface area contributed by atoms with Crippen molar-refractivity contribution in [2.45, 2.75) is 13.0 Å². The summed E-state index contributed by atoms with van der Waals surface area (Å²) < 4.78 is 18.8. The number of nitrogens with one attached hydrogen (secondary N) is 1. The summed E-state index contributed by atoms with van der Waals surface area (Å²) in [6, 6.07) is 21.6. The Hall–Kier alpha value is -3.84. The summed E-state index contributed by atoms with van der Waals surface area (Å²) in [5, 5.41) is 15.8. The van der Waals surface area contributed by atoms with Gasteiger partial charge in [0.15, 0.2) is 0 Å². The minimum atomic E-state index is -0.820. The van der Waals surface area contributed by atoms with Crippen LogP contribution in [0.15, 0.2) is 77.3 Å². The van der Waals surface area contributed by atoms with Crippen LogP contribution in [0.2, 0.25) is 0 Å². The van der Waals surface area contributed by atoms with Crippen molar-refractivity contribution in [3.63, 3.8) is 0 Å². The van der Waals surface area contributed by atoms with Gasteiger partial charge in [0.05, 0.1) is 6.42 Å². The maximum absolute atomic E-state index is 13.4. The number of benzene rings is 3. The number of carbonyl (C=O) groups is 1. The summed E-state index contributed by atoms with van der Waals surface area (Å²) in [5.74, 6) is -0.209. The van der Waals surface area contributed by atoms with Crippen molar-refractivity contribution in [2.24, 2.45) is 0 Å². The Bertz CT molecular complexity index is 1170. The number of hydrogen-bond acceptors (Lipinski definition) is 5. The largest absolute Gasteiger partial charge is 0.481 e. The number of carboxylic acids is 1. The number of aromatic nitrogens is 2. The summed E-state index contributed by atoms with van der Waals surface area (Å²) in [7, 11) is 0. The highest BCUT2D eigenvalue weighted by Gasteiger charge is 2.11. The molecule has 0 atom stereocenters. The molecule has 0 spiro atoms. The first-order valence-electron chi connectivity index (χ1n) is 9.80. The number of halogens is 1. The Morgan fingerprint density at radius 1 is 0.935 bits per heavy atom. The van der Waals surface area contributed by atoms with Gasteiger partial charge in [-0.2, -0.15) is 4.98 Å². The van der Waals surface area contributed by atoms with Crippen molar-refractivity contribution in [1.82, 2.24) is 15.5 Å². The van der Waals surface area contributed by atoms with Crippen LogP contribution in [0, 0.1) is 5.82 Å². The van der Waals surface area contributed by atoms with E-state index in [2.05, 4.69) is 15.5 Å². The number of nitrogens with zero attached hydrogens (tertiary/aromatic N) is 2. The maximum Gasteiger partial charge on any atom is 0.304 e. The van der Waals surface area contributed by atoms with Gasteiger partial charge in [0.2, 0.25) is 5.82 Å². The van der Waals surface area contributed by atoms with Crippen LogP contribution in [-0.4, -0.2) is 27.8 Å². The summed E-state index contributed by atoms with van der Waals surface area (Å²) in [6.45, 7) is 1.01. The average molecular weight is 417 g/mol. The normalized spacial score (nSPS) is 10.9. The van der Waals surface area contributed by atoms with Crippen LogP contribution in [-0.2, 0) is 11.3 Å². The predicted molar refractivity (Wildman–Crippen MR) is 115 cm³/mol. The molecule has 3 aromatic carbocycles. The van der Waals surface area contributed by atoms with Crippen LogP contribution in [0.1, 0.15) is 12.0 Å². The Morgan fingerprint density at radius 3 is 2.35 bits per heavy atom. The van der Waals surface area contributed by atoms with Crippen molar-refractivity contribution in [2.75, 3.05) is 6.54 Å². The minimum Gasteiger partial charge on any atom is -0.481 e. The third-order valence-electron chi connectivity index (χ3n) is 4.77. The molecular weight excluding hydrogens is 397 g/mol. The van der Waals surface area contributed by atoms with Gasteiger partial charge in [0.1, 0.15) is 5.82 Å². The summed E-state index contributed by atoms with van der Waals surface area (Å²) in [6.07, 6.45) is 0.0902. The lowest BCUT2D eigenvalue weighted by Gasteiger charge is -2.04. The van der Waals surface area contributed by atoms with Gasteiger partial charge in [-0.25, -0.2) is 4.39 Å². The second-order valence-corrected chi connectivity index (χ2v) is 7.03. The lowest BCUT2D eigenvalue weighted by atomic mass is 10.0. The van der Waals surface area contributed by atoms with Gasteiger partial charge in [-0.15, -0.1) is 0 Å². The number of carboxylic acid groups (broad SMARTS) is 1. The maximum atomic E-state index is 13.4. The van der Waals surface area contributed by atoms with Crippen LogP contribution in [0.5, 0.6) is 0 Å². The van der Waals surface area contributed by atoms with E-state index >= 15 is 0 Å². The molecule has 2 N–H and O–H groups in total. The van der Waals surface area contributed by atoms with Gasteiger partial charge in [0.25, 0.3) is 5.89 Å². The summed E-state index contributed by atoms with van der Waals surface area (Å²) >= 11 is 0. The molecule has 0 aliphatic rings. The Balaban J connectivity index is 1.42. The zero-order valence-corrected chi connectivity index (χ0v) is 16.6. The Kier molecular flexibility index (Phi) is 6.14. The standard InChI is InChI=1S/C24H20FN3O3/c25-21-3-1-2-20(14-21)17-8-10-19(11-9-17)24-27-23(28-31-24)18-6-4-16(5-7-18)15-26-13-12-22(29)30/h1-11,14,26H,12-13,15H2,(H,29,30). The first-order chi connectivity index (χ1) is 15.1. The lowest BCUT2D eigenvalue weighted by Crippen LogP contribution is -2.17. The van der Waals surface area contributed by atoms with Crippen molar-refractivity contribution in [3.8, 4) is 34.0 Å². The van der Waals surface area contributed by atoms with E-state index in [1.54, 1.807) is 6.07 Å². The van der Waals surface area contributed by atoms with E-state index in [-0.39, 0.29) is 12.2 Å². The lowest BCUT2D eigenvalue weighted by molar-refractivity contribution is -0.136. The second kappa shape index (κ2) is 9.32. The zero-order chi connectivity index (χ0) is 21.6. The van der Waals surface area contributed by atoms with Gasteiger partial charge in [-0.05, 0) is 41.0 Å². The number of aliphatic carboxylic acids is 1. The molecule has 0 bridgehead atoms. The van der Waals surface area contributed by atoms with Crippen LogP contribution < -0.4 is 5.32 Å². The molecular formula is C24H20FN3O3. The molecule has 0 fully saturated rings. The van der Waals surface area contributed by atoms with Crippen molar-refractivity contribution in [1.29, 1.82) is 0 Å². The van der Waals surface area contributed by atoms with Crippen molar-refractivity contribution in [3.05, 3.63) is 84.2 Å². The monoisotopic (exact) mass is 417 g/mol. The van der Waals surface area contributed by atoms with Crippen LogP contribution in [0.4, 0.5) is 4.39 Å². The Labute approximate surface area is 178 Å². The first-order valence-corrected chi connectivity index (χ1v) is 9.80. The fourth-order valence-corrected chi connectivity index (χ4v) is 3.13. The molecule has 0 saturated carbocycles. The molecule has 0 aliphatic carbocycles.